The molecule has 3 rings (SSSR count). The molecule has 154 valence electrons. The Kier molecular flexibility index (Phi) is 13.0. The van der Waals surface area contributed by atoms with Crippen LogP contribution in [0.15, 0.2) is 73.3 Å². The smallest absolute Gasteiger partial charge is 0.263 e. The molecule has 2 aromatic rings. The third kappa shape index (κ3) is 8.95. The fourth-order valence-corrected chi connectivity index (χ4v) is 2.30. The van der Waals surface area contributed by atoms with E-state index in [1.165, 1.54) is 11.6 Å². The highest BCUT2D eigenvalue weighted by Crippen LogP contribution is 2.21. The minimum atomic E-state index is -1.18. The van der Waals surface area contributed by atoms with Gasteiger partial charge in [-0.05, 0) is 23.6 Å². The molecule has 1 atom stereocenters. The number of aliphatic hydroxyl groups is 1. The van der Waals surface area contributed by atoms with Gasteiger partial charge in [0.05, 0.1) is 18.2 Å². The number of para-hydroxylation sites is 1. The second-order valence-electron chi connectivity index (χ2n) is 6.02. The molecule has 7 heteroatoms. The Morgan fingerprint density at radius 3 is 1.83 bits per heavy atom. The first-order valence-electron chi connectivity index (χ1n) is 8.77. The van der Waals surface area contributed by atoms with E-state index in [2.05, 4.69) is 44.7 Å². The molecular formula is C22H26N2O5. The van der Waals surface area contributed by atoms with Crippen molar-refractivity contribution in [2.24, 2.45) is 0 Å². The first-order valence-corrected chi connectivity index (χ1v) is 8.77. The number of allylic oxidation sites excluding steroid dienone is 1. The van der Waals surface area contributed by atoms with Gasteiger partial charge in [0, 0.05) is 6.08 Å². The minimum absolute atomic E-state index is 0.117. The topological polar surface area (TPSA) is 122 Å². The summed E-state index contributed by atoms with van der Waals surface area (Å²) < 4.78 is 0. The molecule has 7 nitrogen and oxygen atoms in total. The number of anilines is 1. The molecule has 3 N–H and O–H groups in total. The lowest BCUT2D eigenvalue weighted by atomic mass is 10.0. The van der Waals surface area contributed by atoms with Crippen molar-refractivity contribution in [1.29, 1.82) is 5.26 Å². The molecule has 2 amide bonds. The normalized spacial score (nSPS) is 14.4. The van der Waals surface area contributed by atoms with Gasteiger partial charge in [0.15, 0.2) is 0 Å². The highest BCUT2D eigenvalue weighted by atomic mass is 17.0. The van der Waals surface area contributed by atoms with Crippen molar-refractivity contribution in [1.82, 2.24) is 0 Å². The Morgan fingerprint density at radius 2 is 1.52 bits per heavy atom. The number of amides is 2. The number of aliphatic hydroxyl groups excluding tert-OH is 1. The number of carbonyl (C=O) groups excluding carboxylic acids is 2. The summed E-state index contributed by atoms with van der Waals surface area (Å²) >= 11 is 0. The fourth-order valence-electron chi connectivity index (χ4n) is 2.30. The predicted molar refractivity (Wildman–Crippen MR) is 111 cm³/mol. The van der Waals surface area contributed by atoms with Crippen LogP contribution >= 0.6 is 0 Å². The Balaban J connectivity index is 0.000000450. The molecule has 1 heterocycles. The van der Waals surface area contributed by atoms with Gasteiger partial charge in [0.25, 0.3) is 5.91 Å². The van der Waals surface area contributed by atoms with Crippen LogP contribution in [0.2, 0.25) is 0 Å². The molecule has 1 aliphatic rings. The molecule has 2 aromatic carbocycles. The molecule has 0 spiro atoms. The summed E-state index contributed by atoms with van der Waals surface area (Å²) in [5, 5.41) is 28.7. The van der Waals surface area contributed by atoms with Crippen LogP contribution in [-0.4, -0.2) is 33.5 Å². The fraction of sp³-hybridized carbons (Fsp3) is 0.227. The molecule has 0 aromatic heterocycles. The number of hydrogen-bond acceptors (Lipinski definition) is 6. The SMILES string of the molecule is C=CC#N.CC(C)c1ccccc1.O=C1CC(O)C(=O)N1c1ccccc1.OO. The first-order chi connectivity index (χ1) is 13.9. The second kappa shape index (κ2) is 14.7. The maximum Gasteiger partial charge on any atom is 0.263 e. The van der Waals surface area contributed by atoms with Crippen molar-refractivity contribution < 1.29 is 25.2 Å². The van der Waals surface area contributed by atoms with Gasteiger partial charge >= 0.3 is 0 Å². The third-order valence-corrected chi connectivity index (χ3v) is 3.69. The average Bonchev–Trinajstić information content (AvgIpc) is 3.02. The zero-order valence-electron chi connectivity index (χ0n) is 16.5. The molecule has 0 bridgehead atoms. The largest absolute Gasteiger partial charge is 0.383 e. The zero-order valence-corrected chi connectivity index (χ0v) is 16.5. The van der Waals surface area contributed by atoms with Gasteiger partial charge in [-0.1, -0.05) is 69.0 Å². The van der Waals surface area contributed by atoms with Crippen LogP contribution in [0.5, 0.6) is 0 Å². The highest BCUT2D eigenvalue weighted by Gasteiger charge is 2.38. The van der Waals surface area contributed by atoms with Crippen LogP contribution in [0.3, 0.4) is 0 Å². The van der Waals surface area contributed by atoms with Crippen molar-refractivity contribution in [3.05, 3.63) is 78.9 Å². The van der Waals surface area contributed by atoms with Gasteiger partial charge in [0.2, 0.25) is 5.91 Å². The monoisotopic (exact) mass is 398 g/mol. The minimum Gasteiger partial charge on any atom is -0.383 e. The van der Waals surface area contributed by atoms with Crippen LogP contribution in [0.25, 0.3) is 0 Å². The average molecular weight is 398 g/mol. The second-order valence-corrected chi connectivity index (χ2v) is 6.02. The van der Waals surface area contributed by atoms with E-state index in [1.807, 2.05) is 6.07 Å². The van der Waals surface area contributed by atoms with Crippen molar-refractivity contribution >= 4 is 17.5 Å². The van der Waals surface area contributed by atoms with E-state index >= 15 is 0 Å². The van der Waals surface area contributed by atoms with E-state index in [-0.39, 0.29) is 12.3 Å². The number of nitrogens with zero attached hydrogens (tertiary/aromatic N) is 2. The van der Waals surface area contributed by atoms with Gasteiger partial charge in [-0.15, -0.1) is 0 Å². The highest BCUT2D eigenvalue weighted by molar-refractivity contribution is 6.21. The molecule has 29 heavy (non-hydrogen) atoms. The molecule has 1 aliphatic heterocycles. The maximum atomic E-state index is 11.4. The van der Waals surface area contributed by atoms with Gasteiger partial charge in [-0.2, -0.15) is 5.26 Å². The van der Waals surface area contributed by atoms with Crippen molar-refractivity contribution in [2.75, 3.05) is 4.90 Å². The molecule has 1 unspecified atom stereocenters. The summed E-state index contributed by atoms with van der Waals surface area (Å²) in [6, 6.07) is 20.8. The number of carbonyl (C=O) groups is 2. The molecular weight excluding hydrogens is 372 g/mol. The summed E-state index contributed by atoms with van der Waals surface area (Å²) in [6.45, 7) is 7.53. The van der Waals surface area contributed by atoms with E-state index in [1.54, 1.807) is 36.4 Å². The number of imide groups is 1. The summed E-state index contributed by atoms with van der Waals surface area (Å²) in [4.78, 5) is 23.7. The Hall–Kier alpha value is -3.31. The Bertz CT molecular complexity index is 786. The van der Waals surface area contributed by atoms with E-state index in [4.69, 9.17) is 15.8 Å². The van der Waals surface area contributed by atoms with Crippen LogP contribution < -0.4 is 4.90 Å². The van der Waals surface area contributed by atoms with E-state index in [9.17, 15) is 14.7 Å². The third-order valence-electron chi connectivity index (χ3n) is 3.69. The van der Waals surface area contributed by atoms with E-state index in [0.717, 1.165) is 4.90 Å². The summed E-state index contributed by atoms with van der Waals surface area (Å²) in [5.41, 5.74) is 1.93. The lowest BCUT2D eigenvalue weighted by Gasteiger charge is -2.13. The van der Waals surface area contributed by atoms with Crippen LogP contribution in [-0.2, 0) is 9.59 Å². The molecule has 1 saturated heterocycles. The summed E-state index contributed by atoms with van der Waals surface area (Å²) in [6.07, 6.45) is -0.115. The lowest BCUT2D eigenvalue weighted by Crippen LogP contribution is -2.31. The van der Waals surface area contributed by atoms with Gasteiger partial charge in [-0.25, -0.2) is 4.90 Å². The summed E-state index contributed by atoms with van der Waals surface area (Å²) in [5.74, 6) is -0.235. The number of nitriles is 1. The van der Waals surface area contributed by atoms with Crippen molar-refractivity contribution in [3.8, 4) is 6.07 Å². The van der Waals surface area contributed by atoms with Crippen LogP contribution in [0, 0.1) is 11.3 Å². The van der Waals surface area contributed by atoms with Gasteiger partial charge in [-0.3, -0.25) is 20.1 Å². The maximum absolute atomic E-state index is 11.4. The van der Waals surface area contributed by atoms with Gasteiger partial charge in [0.1, 0.15) is 6.10 Å². The summed E-state index contributed by atoms with van der Waals surface area (Å²) in [7, 11) is 0. The van der Waals surface area contributed by atoms with Crippen LogP contribution in [0.4, 0.5) is 5.69 Å². The Morgan fingerprint density at radius 1 is 1.07 bits per heavy atom. The first kappa shape index (κ1) is 25.7. The van der Waals surface area contributed by atoms with Crippen molar-refractivity contribution in [2.45, 2.75) is 32.3 Å². The number of hydrogen-bond donors (Lipinski definition) is 3. The number of rotatable bonds is 2. The van der Waals surface area contributed by atoms with E-state index < -0.39 is 12.0 Å². The lowest BCUT2D eigenvalue weighted by molar-refractivity contribution is -0.176. The molecule has 0 aliphatic carbocycles. The van der Waals surface area contributed by atoms with E-state index in [0.29, 0.717) is 11.6 Å². The zero-order chi connectivity index (χ0) is 22.2. The molecule has 0 saturated carbocycles. The predicted octanol–water partition coefficient (Wildman–Crippen LogP) is 3.83. The quantitative estimate of drug-likeness (QED) is 0.306. The number of benzene rings is 2. The van der Waals surface area contributed by atoms with Crippen LogP contribution in [0.1, 0.15) is 31.7 Å². The standard InChI is InChI=1S/C10H9NO3.C9H12.C3H3N.H2O2/c12-8-6-9(13)11(10(8)14)7-4-2-1-3-5-7;1-8(2)9-6-4-3-5-7-9;1-2-3-4;1-2/h1-5,8,12H,6H2;3-8H,1-2H3;2H,1H2;1-2H. The molecule has 0 radical (unpaired) electrons. The van der Waals surface area contributed by atoms with Crippen molar-refractivity contribution in [3.63, 3.8) is 0 Å². The Labute approximate surface area is 170 Å². The molecule has 1 fully saturated rings. The van der Waals surface area contributed by atoms with Gasteiger partial charge < -0.3 is 5.11 Å².